The third-order valence-corrected chi connectivity index (χ3v) is 3.03. The fourth-order valence-corrected chi connectivity index (χ4v) is 2.24. The average Bonchev–Trinajstić information content (AvgIpc) is 1.99. The average molecular weight is 228 g/mol. The number of hydrogen-bond acceptors (Lipinski definition) is 3. The van der Waals surface area contributed by atoms with Gasteiger partial charge in [-0.1, -0.05) is 13.8 Å². The van der Waals surface area contributed by atoms with Gasteiger partial charge in [-0.25, -0.2) is 13.6 Å². The van der Waals surface area contributed by atoms with E-state index in [4.69, 9.17) is 10.9 Å². The maximum atomic E-state index is 11.3. The number of nitrogen functional groups attached to an aromatic ring is 1. The number of sulfonamides is 1. The summed E-state index contributed by atoms with van der Waals surface area (Å²) in [5.74, 6) is 0.354. The fraction of sp³-hybridized carbons (Fsp3) is 0.400. The molecule has 0 aliphatic carbocycles. The van der Waals surface area contributed by atoms with E-state index in [1.165, 1.54) is 6.07 Å². The van der Waals surface area contributed by atoms with Crippen LogP contribution in [0.5, 0.6) is 0 Å². The predicted molar refractivity (Wildman–Crippen MR) is 60.8 cm³/mol. The van der Waals surface area contributed by atoms with Crippen LogP contribution in [0.4, 0.5) is 5.69 Å². The fourth-order valence-electron chi connectivity index (χ4n) is 1.48. The highest BCUT2D eigenvalue weighted by molar-refractivity contribution is 7.89. The van der Waals surface area contributed by atoms with E-state index in [2.05, 4.69) is 0 Å². The van der Waals surface area contributed by atoms with Crippen molar-refractivity contribution in [1.29, 1.82) is 0 Å². The summed E-state index contributed by atoms with van der Waals surface area (Å²) < 4.78 is 22.6. The van der Waals surface area contributed by atoms with Gasteiger partial charge in [0.15, 0.2) is 0 Å². The number of primary sulfonamides is 1. The van der Waals surface area contributed by atoms with Crippen molar-refractivity contribution in [1.82, 2.24) is 0 Å². The van der Waals surface area contributed by atoms with E-state index in [1.54, 1.807) is 12.1 Å². The molecular weight excluding hydrogens is 212 g/mol. The van der Waals surface area contributed by atoms with Crippen LogP contribution < -0.4 is 10.9 Å². The normalized spacial score (nSPS) is 12.0. The molecule has 1 aromatic carbocycles. The molecule has 0 spiro atoms. The van der Waals surface area contributed by atoms with Gasteiger partial charge < -0.3 is 5.73 Å². The lowest BCUT2D eigenvalue weighted by atomic mass is 10.0. The van der Waals surface area contributed by atoms with Gasteiger partial charge >= 0.3 is 0 Å². The number of hydrogen-bond donors (Lipinski definition) is 2. The van der Waals surface area contributed by atoms with Crippen LogP contribution in [0.2, 0.25) is 0 Å². The summed E-state index contributed by atoms with van der Waals surface area (Å²) in [5, 5.41) is 5.11. The number of benzene rings is 1. The smallest absolute Gasteiger partial charge is 0.238 e. The molecule has 0 amide bonds. The van der Waals surface area contributed by atoms with Crippen LogP contribution in [0.15, 0.2) is 23.1 Å². The summed E-state index contributed by atoms with van der Waals surface area (Å²) >= 11 is 0. The summed E-state index contributed by atoms with van der Waals surface area (Å²) in [6.45, 7) is 4.02. The van der Waals surface area contributed by atoms with Gasteiger partial charge in [0.1, 0.15) is 0 Å². The van der Waals surface area contributed by atoms with E-state index in [0.717, 1.165) is 0 Å². The van der Waals surface area contributed by atoms with Crippen molar-refractivity contribution < 1.29 is 8.42 Å². The summed E-state index contributed by atoms with van der Waals surface area (Å²) in [5.41, 5.74) is 6.85. The Balaban J connectivity index is 3.27. The number of nitrogens with two attached hydrogens (primary N) is 2. The van der Waals surface area contributed by atoms with E-state index >= 15 is 0 Å². The van der Waals surface area contributed by atoms with Gasteiger partial charge in [0.2, 0.25) is 10.0 Å². The second-order valence-electron chi connectivity index (χ2n) is 4.01. The predicted octanol–water partition coefficient (Wildman–Crippen LogP) is 1.11. The van der Waals surface area contributed by atoms with Crippen LogP contribution in [0.25, 0.3) is 0 Å². The zero-order chi connectivity index (χ0) is 11.6. The minimum absolute atomic E-state index is 0.172. The molecular formula is C10H16N2O2S. The zero-order valence-corrected chi connectivity index (χ0v) is 9.71. The highest BCUT2D eigenvalue weighted by atomic mass is 32.2. The standard InChI is InChI=1S/C10H16N2O2S/c1-7(2)5-8-6-9(11)3-4-10(8)15(12,13)14/h3-4,6-7H,5,11H2,1-2H3,(H2,12,13,14). The molecule has 0 bridgehead atoms. The lowest BCUT2D eigenvalue weighted by molar-refractivity contribution is 0.592. The maximum absolute atomic E-state index is 11.3. The van der Waals surface area contributed by atoms with Crippen LogP contribution in [-0.2, 0) is 16.4 Å². The third kappa shape index (κ3) is 3.21. The molecule has 0 radical (unpaired) electrons. The molecule has 0 unspecified atom stereocenters. The van der Waals surface area contributed by atoms with E-state index in [1.807, 2.05) is 13.8 Å². The second-order valence-corrected chi connectivity index (χ2v) is 5.54. The molecule has 84 valence electrons. The van der Waals surface area contributed by atoms with Crippen molar-refractivity contribution in [2.24, 2.45) is 11.1 Å². The maximum Gasteiger partial charge on any atom is 0.238 e. The molecule has 5 heteroatoms. The Labute approximate surface area is 90.3 Å². The van der Waals surface area contributed by atoms with Gasteiger partial charge in [-0.15, -0.1) is 0 Å². The lowest BCUT2D eigenvalue weighted by Crippen LogP contribution is -2.15. The Hall–Kier alpha value is -1.07. The molecule has 0 saturated carbocycles. The molecule has 0 atom stereocenters. The monoisotopic (exact) mass is 228 g/mol. The van der Waals surface area contributed by atoms with Crippen molar-refractivity contribution in [3.8, 4) is 0 Å². The van der Waals surface area contributed by atoms with Gasteiger partial charge in [0, 0.05) is 5.69 Å². The van der Waals surface area contributed by atoms with Crippen LogP contribution in [0, 0.1) is 5.92 Å². The molecule has 1 rings (SSSR count). The highest BCUT2D eigenvalue weighted by Gasteiger charge is 2.14. The van der Waals surface area contributed by atoms with Gasteiger partial charge in [0.05, 0.1) is 4.90 Å². The Morgan fingerprint density at radius 3 is 2.40 bits per heavy atom. The molecule has 4 nitrogen and oxygen atoms in total. The number of rotatable bonds is 3. The van der Waals surface area contributed by atoms with Crippen LogP contribution >= 0.6 is 0 Å². The Bertz CT molecular complexity index is 452. The van der Waals surface area contributed by atoms with Crippen molar-refractivity contribution in [3.63, 3.8) is 0 Å². The quantitative estimate of drug-likeness (QED) is 0.760. The molecule has 0 saturated heterocycles. The van der Waals surface area contributed by atoms with Crippen molar-refractivity contribution >= 4 is 15.7 Å². The first-order chi connectivity index (χ1) is 6.80. The van der Waals surface area contributed by atoms with Gasteiger partial charge in [-0.05, 0) is 36.1 Å². The molecule has 0 heterocycles. The third-order valence-electron chi connectivity index (χ3n) is 2.02. The Morgan fingerprint density at radius 2 is 1.93 bits per heavy atom. The zero-order valence-electron chi connectivity index (χ0n) is 8.90. The van der Waals surface area contributed by atoms with Crippen LogP contribution in [-0.4, -0.2) is 8.42 Å². The SMILES string of the molecule is CC(C)Cc1cc(N)ccc1S(N)(=O)=O. The van der Waals surface area contributed by atoms with Gasteiger partial charge in [-0.2, -0.15) is 0 Å². The van der Waals surface area contributed by atoms with Gasteiger partial charge in [-0.3, -0.25) is 0 Å². The molecule has 0 aromatic heterocycles. The Morgan fingerprint density at radius 1 is 1.33 bits per heavy atom. The van der Waals surface area contributed by atoms with Crippen molar-refractivity contribution in [2.45, 2.75) is 25.2 Å². The van der Waals surface area contributed by atoms with Gasteiger partial charge in [0.25, 0.3) is 0 Å². The first kappa shape index (κ1) is 12.0. The topological polar surface area (TPSA) is 86.2 Å². The second kappa shape index (κ2) is 4.20. The highest BCUT2D eigenvalue weighted by Crippen LogP contribution is 2.20. The van der Waals surface area contributed by atoms with E-state index in [-0.39, 0.29) is 4.90 Å². The summed E-state index contributed by atoms with van der Waals surface area (Å²) in [6, 6.07) is 4.67. The summed E-state index contributed by atoms with van der Waals surface area (Å²) in [6.07, 6.45) is 0.650. The van der Waals surface area contributed by atoms with Crippen LogP contribution in [0.3, 0.4) is 0 Å². The summed E-state index contributed by atoms with van der Waals surface area (Å²) in [4.78, 5) is 0.172. The number of anilines is 1. The molecule has 0 fully saturated rings. The lowest BCUT2D eigenvalue weighted by Gasteiger charge is -2.10. The first-order valence-electron chi connectivity index (χ1n) is 4.72. The molecule has 4 N–H and O–H groups in total. The minimum Gasteiger partial charge on any atom is -0.399 e. The van der Waals surface area contributed by atoms with E-state index < -0.39 is 10.0 Å². The Kier molecular flexibility index (Phi) is 3.36. The summed E-state index contributed by atoms with van der Waals surface area (Å²) in [7, 11) is -3.65. The molecule has 0 aliphatic rings. The molecule has 1 aromatic rings. The van der Waals surface area contributed by atoms with Crippen molar-refractivity contribution in [2.75, 3.05) is 5.73 Å². The molecule has 15 heavy (non-hydrogen) atoms. The van der Waals surface area contributed by atoms with Crippen LogP contribution in [0.1, 0.15) is 19.4 Å². The van der Waals surface area contributed by atoms with E-state index in [0.29, 0.717) is 23.6 Å². The van der Waals surface area contributed by atoms with Crippen molar-refractivity contribution in [3.05, 3.63) is 23.8 Å². The molecule has 0 aliphatic heterocycles. The minimum atomic E-state index is -3.65. The largest absolute Gasteiger partial charge is 0.399 e. The first-order valence-corrected chi connectivity index (χ1v) is 6.26. The van der Waals surface area contributed by atoms with E-state index in [9.17, 15) is 8.42 Å².